The van der Waals surface area contributed by atoms with Crippen molar-refractivity contribution >= 4 is 0 Å². The van der Waals surface area contributed by atoms with Crippen molar-refractivity contribution in [2.45, 2.75) is 6.92 Å². The molecule has 0 aliphatic rings. The summed E-state index contributed by atoms with van der Waals surface area (Å²) in [6.45, 7) is 2.20. The molecule has 0 bridgehead atoms. The summed E-state index contributed by atoms with van der Waals surface area (Å²) >= 11 is 0. The predicted octanol–water partition coefficient (Wildman–Crippen LogP) is 4.37. The second kappa shape index (κ2) is 8.56. The molecule has 146 valence electrons. The zero-order chi connectivity index (χ0) is 20.1. The maximum atomic E-state index is 14.4. The van der Waals surface area contributed by atoms with E-state index in [9.17, 15) is 4.39 Å². The van der Waals surface area contributed by atoms with Gasteiger partial charge in [-0.2, -0.15) is 0 Å². The molecule has 0 N–H and O–H groups in total. The van der Waals surface area contributed by atoms with Crippen molar-refractivity contribution in [2.75, 3.05) is 27.9 Å². The van der Waals surface area contributed by atoms with E-state index in [2.05, 4.69) is 9.97 Å². The van der Waals surface area contributed by atoms with E-state index in [0.29, 0.717) is 40.7 Å². The van der Waals surface area contributed by atoms with E-state index < -0.39 is 5.82 Å². The van der Waals surface area contributed by atoms with Gasteiger partial charge in [-0.25, -0.2) is 14.4 Å². The molecular weight excluding hydrogens is 363 g/mol. The van der Waals surface area contributed by atoms with Crippen molar-refractivity contribution in [3.8, 4) is 45.4 Å². The molecule has 0 saturated carbocycles. The van der Waals surface area contributed by atoms with Gasteiger partial charge in [-0.15, -0.1) is 0 Å². The third kappa shape index (κ3) is 3.69. The number of benzene rings is 2. The van der Waals surface area contributed by atoms with Crippen LogP contribution in [0, 0.1) is 5.82 Å². The lowest BCUT2D eigenvalue weighted by molar-refractivity contribution is 0.321. The normalized spacial score (nSPS) is 10.5. The van der Waals surface area contributed by atoms with Gasteiger partial charge < -0.3 is 18.9 Å². The number of ether oxygens (including phenoxy) is 4. The maximum absolute atomic E-state index is 14.4. The fourth-order valence-corrected chi connectivity index (χ4v) is 2.93. The summed E-state index contributed by atoms with van der Waals surface area (Å²) < 4.78 is 35.9. The van der Waals surface area contributed by atoms with Gasteiger partial charge in [0.1, 0.15) is 6.33 Å². The molecule has 0 amide bonds. The summed E-state index contributed by atoms with van der Waals surface area (Å²) in [5.74, 6) is 1.24. The molecule has 3 rings (SSSR count). The van der Waals surface area contributed by atoms with Crippen molar-refractivity contribution in [2.24, 2.45) is 0 Å². The molecule has 0 saturated heterocycles. The van der Waals surface area contributed by atoms with E-state index in [-0.39, 0.29) is 5.75 Å². The molecule has 7 heteroatoms. The average molecular weight is 384 g/mol. The van der Waals surface area contributed by atoms with E-state index in [1.807, 2.05) is 0 Å². The van der Waals surface area contributed by atoms with Crippen LogP contribution in [0.5, 0.6) is 23.0 Å². The van der Waals surface area contributed by atoms with E-state index in [1.54, 1.807) is 58.7 Å². The zero-order valence-corrected chi connectivity index (χ0v) is 16.2. The number of rotatable bonds is 7. The first-order chi connectivity index (χ1) is 13.6. The summed E-state index contributed by atoms with van der Waals surface area (Å²) in [7, 11) is 4.63. The van der Waals surface area contributed by atoms with Crippen molar-refractivity contribution < 1.29 is 23.3 Å². The van der Waals surface area contributed by atoms with Crippen LogP contribution in [0.2, 0.25) is 0 Å². The first-order valence-corrected chi connectivity index (χ1v) is 8.66. The number of hydrogen-bond acceptors (Lipinski definition) is 6. The maximum Gasteiger partial charge on any atom is 0.203 e. The van der Waals surface area contributed by atoms with Crippen LogP contribution in [0.15, 0.2) is 42.9 Å². The summed E-state index contributed by atoms with van der Waals surface area (Å²) in [5, 5.41) is 0. The first kappa shape index (κ1) is 19.4. The highest BCUT2D eigenvalue weighted by Crippen LogP contribution is 2.42. The topological polar surface area (TPSA) is 62.7 Å². The van der Waals surface area contributed by atoms with Crippen LogP contribution in [-0.4, -0.2) is 37.9 Å². The third-order valence-corrected chi connectivity index (χ3v) is 4.19. The zero-order valence-electron chi connectivity index (χ0n) is 16.2. The molecular formula is C21H21FN2O4. The molecule has 0 aliphatic carbocycles. The van der Waals surface area contributed by atoms with Gasteiger partial charge in [-0.05, 0) is 36.8 Å². The van der Waals surface area contributed by atoms with Gasteiger partial charge in [-0.1, -0.05) is 6.07 Å². The van der Waals surface area contributed by atoms with Gasteiger partial charge in [0, 0.05) is 17.3 Å². The molecule has 6 nitrogen and oxygen atoms in total. The van der Waals surface area contributed by atoms with E-state index in [4.69, 9.17) is 18.9 Å². The van der Waals surface area contributed by atoms with Gasteiger partial charge in [0.15, 0.2) is 23.1 Å². The highest BCUT2D eigenvalue weighted by Gasteiger charge is 2.18. The minimum absolute atomic E-state index is 0.206. The van der Waals surface area contributed by atoms with Gasteiger partial charge >= 0.3 is 0 Å². The Labute approximate surface area is 162 Å². The minimum atomic E-state index is -0.445. The Kier molecular flexibility index (Phi) is 5.93. The van der Waals surface area contributed by atoms with Crippen molar-refractivity contribution in [1.82, 2.24) is 9.97 Å². The molecule has 0 spiro atoms. The van der Waals surface area contributed by atoms with Crippen LogP contribution in [0.25, 0.3) is 22.4 Å². The first-order valence-electron chi connectivity index (χ1n) is 8.66. The smallest absolute Gasteiger partial charge is 0.203 e. The standard InChI is InChI=1S/C21H21FN2O4/c1-5-28-17-7-6-13(8-16(17)22)15-11-23-12-24-20(15)14-9-18(25-2)21(27-4)19(10-14)26-3/h6-12H,5H2,1-4H3. The van der Waals surface area contributed by atoms with Gasteiger partial charge in [0.05, 0.1) is 33.6 Å². The van der Waals surface area contributed by atoms with Crippen LogP contribution in [0.1, 0.15) is 6.92 Å². The molecule has 0 fully saturated rings. The molecule has 0 aliphatic heterocycles. The fraction of sp³-hybridized carbons (Fsp3) is 0.238. The second-order valence-electron chi connectivity index (χ2n) is 5.78. The monoisotopic (exact) mass is 384 g/mol. The molecule has 1 aromatic heterocycles. The van der Waals surface area contributed by atoms with Crippen LogP contribution in [0.4, 0.5) is 4.39 Å². The molecule has 3 aromatic rings. The molecule has 28 heavy (non-hydrogen) atoms. The Morgan fingerprint density at radius 2 is 1.61 bits per heavy atom. The van der Waals surface area contributed by atoms with E-state index >= 15 is 0 Å². The van der Waals surface area contributed by atoms with E-state index in [0.717, 1.165) is 5.56 Å². The Morgan fingerprint density at radius 3 is 2.18 bits per heavy atom. The lowest BCUT2D eigenvalue weighted by Crippen LogP contribution is -1.98. The molecule has 1 heterocycles. The molecule has 2 aromatic carbocycles. The molecule has 0 atom stereocenters. The van der Waals surface area contributed by atoms with E-state index in [1.165, 1.54) is 12.4 Å². The Hall–Kier alpha value is -3.35. The number of halogens is 1. The number of nitrogens with zero attached hydrogens (tertiary/aromatic N) is 2. The second-order valence-corrected chi connectivity index (χ2v) is 5.78. The molecule has 0 unspecified atom stereocenters. The Bertz CT molecular complexity index is 953. The van der Waals surface area contributed by atoms with Gasteiger partial charge in [0.2, 0.25) is 5.75 Å². The third-order valence-electron chi connectivity index (χ3n) is 4.19. The number of methoxy groups -OCH3 is 3. The number of hydrogen-bond donors (Lipinski definition) is 0. The van der Waals surface area contributed by atoms with Crippen molar-refractivity contribution in [3.63, 3.8) is 0 Å². The predicted molar refractivity (Wildman–Crippen MR) is 104 cm³/mol. The largest absolute Gasteiger partial charge is 0.493 e. The van der Waals surface area contributed by atoms with Crippen LogP contribution < -0.4 is 18.9 Å². The minimum Gasteiger partial charge on any atom is -0.493 e. The number of aromatic nitrogens is 2. The highest BCUT2D eigenvalue weighted by atomic mass is 19.1. The van der Waals surface area contributed by atoms with Gasteiger partial charge in [-0.3, -0.25) is 0 Å². The average Bonchev–Trinajstić information content (AvgIpc) is 2.74. The lowest BCUT2D eigenvalue weighted by Gasteiger charge is -2.15. The lowest BCUT2D eigenvalue weighted by atomic mass is 10.00. The highest BCUT2D eigenvalue weighted by molar-refractivity contribution is 5.82. The summed E-state index contributed by atoms with van der Waals surface area (Å²) in [6, 6.07) is 8.36. The van der Waals surface area contributed by atoms with Crippen molar-refractivity contribution in [1.29, 1.82) is 0 Å². The Balaban J connectivity index is 2.15. The summed E-state index contributed by atoms with van der Waals surface area (Å²) in [6.07, 6.45) is 3.08. The fourth-order valence-electron chi connectivity index (χ4n) is 2.93. The van der Waals surface area contributed by atoms with Crippen LogP contribution in [-0.2, 0) is 0 Å². The molecule has 0 radical (unpaired) electrons. The van der Waals surface area contributed by atoms with Crippen LogP contribution in [0.3, 0.4) is 0 Å². The summed E-state index contributed by atoms with van der Waals surface area (Å²) in [5.41, 5.74) is 2.63. The SMILES string of the molecule is CCOc1ccc(-c2cncnc2-c2cc(OC)c(OC)c(OC)c2)cc1F. The van der Waals surface area contributed by atoms with Gasteiger partial charge in [0.25, 0.3) is 0 Å². The Morgan fingerprint density at radius 1 is 0.893 bits per heavy atom. The quantitative estimate of drug-likeness (QED) is 0.603. The van der Waals surface area contributed by atoms with Crippen LogP contribution >= 0.6 is 0 Å². The summed E-state index contributed by atoms with van der Waals surface area (Å²) in [4.78, 5) is 8.51. The van der Waals surface area contributed by atoms with Crippen molar-refractivity contribution in [3.05, 3.63) is 48.7 Å².